The number of esters is 3. The number of benzene rings is 2. The second-order valence-corrected chi connectivity index (χ2v) is 9.94. The van der Waals surface area contributed by atoms with Crippen LogP contribution in [0.3, 0.4) is 0 Å². The van der Waals surface area contributed by atoms with Gasteiger partial charge in [0.1, 0.15) is 5.75 Å². The Balaban J connectivity index is 1.56. The summed E-state index contributed by atoms with van der Waals surface area (Å²) in [6.07, 6.45) is 0.142. The molecule has 3 aromatic rings. The van der Waals surface area contributed by atoms with E-state index in [9.17, 15) is 14.4 Å². The van der Waals surface area contributed by atoms with Gasteiger partial charge in [-0.3, -0.25) is 14.4 Å². The zero-order valence-corrected chi connectivity index (χ0v) is 22.8. The largest absolute Gasteiger partial charge is 0.497 e. The van der Waals surface area contributed by atoms with E-state index in [1.807, 2.05) is 35.4 Å². The first-order chi connectivity index (χ1) is 18.6. The minimum Gasteiger partial charge on any atom is -0.497 e. The first kappa shape index (κ1) is 26.6. The molecule has 0 radical (unpaired) electrons. The van der Waals surface area contributed by atoms with Crippen LogP contribution < -0.4 is 4.74 Å². The molecule has 0 amide bonds. The van der Waals surface area contributed by atoms with E-state index in [1.165, 1.54) is 20.8 Å². The van der Waals surface area contributed by atoms with Crippen molar-refractivity contribution >= 4 is 45.8 Å². The number of aromatic nitrogens is 1. The molecule has 1 N–H and O–H groups in total. The van der Waals surface area contributed by atoms with Gasteiger partial charge in [0, 0.05) is 49.8 Å². The Labute approximate surface area is 225 Å². The Kier molecular flexibility index (Phi) is 6.98. The van der Waals surface area contributed by atoms with Crippen LogP contribution in [0.1, 0.15) is 43.0 Å². The fraction of sp³-hybridized carbons (Fsp3) is 0.414. The summed E-state index contributed by atoms with van der Waals surface area (Å²) in [5.74, 6) is -0.938. The van der Waals surface area contributed by atoms with Crippen molar-refractivity contribution in [1.29, 1.82) is 0 Å². The standard InChI is InChI=1S/C29H32N2O8/c1-14-22-12-31(29-28(39-18(5)34)27(38-17(4)33)24(13-36-29)37-16(3)32)10-9-20(22)15(2)26-25(14)21-11-19(35-6)7-8-23(21)30-26/h7-11,24,27-30H,12-13H2,1-6H3/t24-,27-,28+,29-/m1/s1. The van der Waals surface area contributed by atoms with Crippen molar-refractivity contribution < 1.29 is 38.1 Å². The fourth-order valence-electron chi connectivity index (χ4n) is 5.70. The minimum absolute atomic E-state index is 0.0313. The van der Waals surface area contributed by atoms with E-state index < -0.39 is 42.4 Å². The van der Waals surface area contributed by atoms with Crippen molar-refractivity contribution in [3.05, 3.63) is 46.7 Å². The molecule has 1 saturated heterocycles. The van der Waals surface area contributed by atoms with Gasteiger partial charge in [-0.2, -0.15) is 0 Å². The topological polar surface area (TPSA) is 116 Å². The maximum Gasteiger partial charge on any atom is 0.303 e. The molecule has 4 atom stereocenters. The second kappa shape index (κ2) is 10.3. The van der Waals surface area contributed by atoms with Crippen molar-refractivity contribution in [2.24, 2.45) is 0 Å². The van der Waals surface area contributed by atoms with Crippen molar-refractivity contribution in [3.8, 4) is 5.75 Å². The molecule has 0 aliphatic carbocycles. The van der Waals surface area contributed by atoms with E-state index in [0.717, 1.165) is 49.8 Å². The third-order valence-electron chi connectivity index (χ3n) is 7.36. The Morgan fingerprint density at radius 1 is 0.974 bits per heavy atom. The number of fused-ring (bicyclic) bond motifs is 4. The normalized spacial score (nSPS) is 22.5. The van der Waals surface area contributed by atoms with Crippen LogP contribution in [0, 0.1) is 13.8 Å². The monoisotopic (exact) mass is 536 g/mol. The van der Waals surface area contributed by atoms with Crippen LogP contribution in [0.25, 0.3) is 27.9 Å². The van der Waals surface area contributed by atoms with Crippen LogP contribution >= 0.6 is 0 Å². The van der Waals surface area contributed by atoms with Crippen LogP contribution in [0.2, 0.25) is 0 Å². The number of ether oxygens (including phenoxy) is 5. The number of rotatable bonds is 5. The van der Waals surface area contributed by atoms with E-state index in [0.29, 0.717) is 6.54 Å². The van der Waals surface area contributed by atoms with Gasteiger partial charge in [0.2, 0.25) is 0 Å². The Bertz CT molecular complexity index is 1510. The molecular formula is C29H32N2O8. The molecule has 0 saturated carbocycles. The third kappa shape index (κ3) is 4.80. The lowest BCUT2D eigenvalue weighted by Gasteiger charge is -2.45. The summed E-state index contributed by atoms with van der Waals surface area (Å²) in [4.78, 5) is 41.3. The van der Waals surface area contributed by atoms with Crippen molar-refractivity contribution in [1.82, 2.24) is 9.88 Å². The molecule has 10 nitrogen and oxygen atoms in total. The van der Waals surface area contributed by atoms with E-state index in [2.05, 4.69) is 18.8 Å². The Morgan fingerprint density at radius 2 is 1.67 bits per heavy atom. The summed E-state index contributed by atoms with van der Waals surface area (Å²) < 4.78 is 28.1. The number of aryl methyl sites for hydroxylation is 2. The Morgan fingerprint density at radius 3 is 2.33 bits per heavy atom. The van der Waals surface area contributed by atoms with Gasteiger partial charge in [-0.1, -0.05) is 0 Å². The number of aromatic amines is 1. The summed E-state index contributed by atoms with van der Waals surface area (Å²) in [6, 6.07) is 5.98. The smallest absolute Gasteiger partial charge is 0.303 e. The first-order valence-corrected chi connectivity index (χ1v) is 12.8. The van der Waals surface area contributed by atoms with Gasteiger partial charge in [0.25, 0.3) is 0 Å². The summed E-state index contributed by atoms with van der Waals surface area (Å²) >= 11 is 0. The van der Waals surface area contributed by atoms with Gasteiger partial charge in [-0.25, -0.2) is 0 Å². The quantitative estimate of drug-likeness (QED) is 0.383. The number of methoxy groups -OCH3 is 1. The average molecular weight is 537 g/mol. The highest BCUT2D eigenvalue weighted by Crippen LogP contribution is 2.40. The van der Waals surface area contributed by atoms with E-state index in [4.69, 9.17) is 23.7 Å². The highest BCUT2D eigenvalue weighted by atomic mass is 16.6. The van der Waals surface area contributed by atoms with Gasteiger partial charge in [-0.15, -0.1) is 0 Å². The number of nitrogens with one attached hydrogen (secondary N) is 1. The predicted molar refractivity (Wildman–Crippen MR) is 143 cm³/mol. The van der Waals surface area contributed by atoms with Gasteiger partial charge >= 0.3 is 17.9 Å². The predicted octanol–water partition coefficient (Wildman–Crippen LogP) is 3.88. The molecule has 39 heavy (non-hydrogen) atoms. The molecule has 0 spiro atoms. The number of H-pyrrole nitrogens is 1. The summed E-state index contributed by atoms with van der Waals surface area (Å²) in [6.45, 7) is 8.39. The number of hydrogen-bond acceptors (Lipinski definition) is 9. The van der Waals surface area contributed by atoms with Gasteiger partial charge in [0.15, 0.2) is 24.5 Å². The lowest BCUT2D eigenvalue weighted by atomic mass is 9.90. The molecule has 2 aromatic carbocycles. The van der Waals surface area contributed by atoms with Crippen molar-refractivity contribution in [2.45, 2.75) is 65.7 Å². The molecule has 206 valence electrons. The third-order valence-corrected chi connectivity index (χ3v) is 7.36. The van der Waals surface area contributed by atoms with E-state index in [1.54, 1.807) is 7.11 Å². The van der Waals surface area contributed by atoms with Crippen molar-refractivity contribution in [2.75, 3.05) is 13.7 Å². The highest BCUT2D eigenvalue weighted by Gasteiger charge is 2.49. The zero-order chi connectivity index (χ0) is 28.0. The average Bonchev–Trinajstić information content (AvgIpc) is 3.27. The maximum absolute atomic E-state index is 12.1. The Hall–Kier alpha value is -4.05. The molecule has 1 aromatic heterocycles. The molecule has 2 aliphatic heterocycles. The molecule has 0 unspecified atom stereocenters. The van der Waals surface area contributed by atoms with Crippen LogP contribution in [0.15, 0.2) is 24.4 Å². The lowest BCUT2D eigenvalue weighted by molar-refractivity contribution is -0.246. The molecule has 10 heteroatoms. The maximum atomic E-state index is 12.1. The van der Waals surface area contributed by atoms with Gasteiger partial charge in [-0.05, 0) is 60.4 Å². The van der Waals surface area contributed by atoms with Crippen LogP contribution in [0.5, 0.6) is 5.75 Å². The zero-order valence-electron chi connectivity index (χ0n) is 22.8. The molecule has 1 fully saturated rings. The fourth-order valence-corrected chi connectivity index (χ4v) is 5.70. The number of nitrogens with zero attached hydrogens (tertiary/aromatic N) is 1. The SMILES string of the molecule is COc1ccc2[nH]c3c(C)c4c(c(C)c3c2c1)CN([C@@H]1OC[C@@H](OC(C)=O)[C@@H](OC(C)=O)[C@@H]1OC(C)=O)C=C4. The first-order valence-electron chi connectivity index (χ1n) is 12.8. The molecular weight excluding hydrogens is 504 g/mol. The summed E-state index contributed by atoms with van der Waals surface area (Å²) in [5, 5.41) is 2.18. The van der Waals surface area contributed by atoms with Gasteiger partial charge < -0.3 is 33.6 Å². The number of hydrogen-bond donors (Lipinski definition) is 1. The molecule has 0 bridgehead atoms. The van der Waals surface area contributed by atoms with Crippen LogP contribution in [0.4, 0.5) is 0 Å². The second-order valence-electron chi connectivity index (χ2n) is 9.94. The summed E-state index contributed by atoms with van der Waals surface area (Å²) in [7, 11) is 1.65. The van der Waals surface area contributed by atoms with Crippen LogP contribution in [-0.2, 0) is 39.9 Å². The van der Waals surface area contributed by atoms with Gasteiger partial charge in [0.05, 0.1) is 19.2 Å². The van der Waals surface area contributed by atoms with Crippen molar-refractivity contribution in [3.63, 3.8) is 0 Å². The highest BCUT2D eigenvalue weighted by molar-refractivity contribution is 6.11. The van der Waals surface area contributed by atoms with E-state index in [-0.39, 0.29) is 6.61 Å². The number of carbonyl (C=O) groups excluding carboxylic acids is 3. The molecule has 3 heterocycles. The van der Waals surface area contributed by atoms with E-state index >= 15 is 0 Å². The van der Waals surface area contributed by atoms with Crippen LogP contribution in [-0.4, -0.2) is 66.0 Å². The lowest BCUT2D eigenvalue weighted by Crippen LogP contribution is -2.61. The minimum atomic E-state index is -1.03. The molecule has 2 aliphatic rings. The molecule has 5 rings (SSSR count). The number of carbonyl (C=O) groups is 3. The summed E-state index contributed by atoms with van der Waals surface area (Å²) in [5.41, 5.74) is 6.51.